The quantitative estimate of drug-likeness (QED) is 0.520. The van der Waals surface area contributed by atoms with Crippen LogP contribution in [0.5, 0.6) is 0 Å². The second-order valence-corrected chi connectivity index (χ2v) is 6.02. The van der Waals surface area contributed by atoms with Crippen molar-refractivity contribution in [2.24, 2.45) is 0 Å². The van der Waals surface area contributed by atoms with Gasteiger partial charge in [0.15, 0.2) is 11.5 Å². The summed E-state index contributed by atoms with van der Waals surface area (Å²) in [5.74, 6) is -0.146. The van der Waals surface area contributed by atoms with Gasteiger partial charge in [0, 0.05) is 35.8 Å². The first-order chi connectivity index (χ1) is 13.8. The summed E-state index contributed by atoms with van der Waals surface area (Å²) >= 11 is 0. The van der Waals surface area contributed by atoms with Gasteiger partial charge in [-0.05, 0) is 30.3 Å². The highest BCUT2D eigenvalue weighted by Gasteiger charge is 2.17. The largest absolute Gasteiger partial charge is 0.380 e. The molecular weight excluding hydrogens is 359 g/mol. The van der Waals surface area contributed by atoms with Crippen LogP contribution in [0.25, 0.3) is 23.0 Å². The molecule has 0 radical (unpaired) electrons. The normalized spacial score (nSPS) is 10.8. The molecule has 2 heterocycles. The number of nitrogens with zero attached hydrogens (tertiary/aromatic N) is 3. The van der Waals surface area contributed by atoms with Crippen molar-refractivity contribution < 1.29 is 13.7 Å². The molecule has 28 heavy (non-hydrogen) atoms. The van der Waals surface area contributed by atoms with Gasteiger partial charge in [-0.3, -0.25) is 0 Å². The van der Waals surface area contributed by atoms with Crippen LogP contribution in [0.4, 0.5) is 15.8 Å². The Morgan fingerprint density at radius 1 is 1.00 bits per heavy atom. The summed E-state index contributed by atoms with van der Waals surface area (Å²) in [7, 11) is 1.66. The summed E-state index contributed by atoms with van der Waals surface area (Å²) in [6, 6.07) is 18.2. The summed E-state index contributed by atoms with van der Waals surface area (Å²) in [5.41, 5.74) is 3.47. The fourth-order valence-electron chi connectivity index (χ4n) is 2.83. The second kappa shape index (κ2) is 7.98. The Labute approximate surface area is 161 Å². The third-order valence-corrected chi connectivity index (χ3v) is 4.14. The SMILES string of the molecule is COCc1ccccc1Nc1ccccc1-c1noc(-c2ncccc2F)n1. The molecule has 0 saturated carbocycles. The summed E-state index contributed by atoms with van der Waals surface area (Å²) in [5, 5.41) is 7.40. The molecule has 7 heteroatoms. The highest BCUT2D eigenvalue weighted by molar-refractivity contribution is 5.78. The first-order valence-corrected chi connectivity index (χ1v) is 8.64. The lowest BCUT2D eigenvalue weighted by Gasteiger charge is -2.13. The Morgan fingerprint density at radius 2 is 1.79 bits per heavy atom. The third-order valence-electron chi connectivity index (χ3n) is 4.14. The third kappa shape index (κ3) is 3.60. The van der Waals surface area contributed by atoms with Crippen molar-refractivity contribution >= 4 is 11.4 Å². The minimum Gasteiger partial charge on any atom is -0.380 e. The molecule has 0 amide bonds. The van der Waals surface area contributed by atoms with Crippen LogP contribution in [0.2, 0.25) is 0 Å². The number of halogens is 1. The zero-order chi connectivity index (χ0) is 19.3. The van der Waals surface area contributed by atoms with E-state index in [1.54, 1.807) is 7.11 Å². The Bertz CT molecular complexity index is 1100. The number of anilines is 2. The predicted molar refractivity (Wildman–Crippen MR) is 103 cm³/mol. The van der Waals surface area contributed by atoms with Crippen LogP contribution in [0.15, 0.2) is 71.4 Å². The van der Waals surface area contributed by atoms with Gasteiger partial charge in [-0.15, -0.1) is 0 Å². The molecule has 0 spiro atoms. The van der Waals surface area contributed by atoms with E-state index in [4.69, 9.17) is 9.26 Å². The molecule has 140 valence electrons. The lowest BCUT2D eigenvalue weighted by atomic mass is 10.1. The summed E-state index contributed by atoms with van der Waals surface area (Å²) in [6.45, 7) is 0.483. The molecule has 4 aromatic rings. The minimum atomic E-state index is -0.516. The van der Waals surface area contributed by atoms with Crippen LogP contribution in [0, 0.1) is 5.82 Å². The maximum Gasteiger partial charge on any atom is 0.279 e. The molecule has 0 atom stereocenters. The van der Waals surface area contributed by atoms with Crippen molar-refractivity contribution in [3.8, 4) is 23.0 Å². The number of pyridine rings is 1. The van der Waals surface area contributed by atoms with Crippen LogP contribution in [-0.4, -0.2) is 22.2 Å². The van der Waals surface area contributed by atoms with E-state index in [0.717, 1.165) is 22.5 Å². The average Bonchev–Trinajstić information content (AvgIpc) is 3.20. The maximum atomic E-state index is 14.0. The van der Waals surface area contributed by atoms with E-state index in [1.807, 2.05) is 48.5 Å². The van der Waals surface area contributed by atoms with E-state index in [2.05, 4.69) is 20.4 Å². The number of hydrogen-bond donors (Lipinski definition) is 1. The fourth-order valence-corrected chi connectivity index (χ4v) is 2.83. The van der Waals surface area contributed by atoms with Crippen molar-refractivity contribution in [2.75, 3.05) is 12.4 Å². The molecular formula is C21H17FN4O2. The highest BCUT2D eigenvalue weighted by atomic mass is 19.1. The van der Waals surface area contributed by atoms with Crippen LogP contribution < -0.4 is 5.32 Å². The fraction of sp³-hybridized carbons (Fsp3) is 0.0952. The van der Waals surface area contributed by atoms with E-state index < -0.39 is 5.82 Å². The predicted octanol–water partition coefficient (Wildman–Crippen LogP) is 4.83. The van der Waals surface area contributed by atoms with Gasteiger partial charge in [-0.25, -0.2) is 9.37 Å². The molecule has 1 N–H and O–H groups in total. The molecule has 0 aliphatic carbocycles. The Kier molecular flexibility index (Phi) is 5.07. The van der Waals surface area contributed by atoms with Gasteiger partial charge in [0.2, 0.25) is 5.82 Å². The summed E-state index contributed by atoms with van der Waals surface area (Å²) < 4.78 is 24.5. The second-order valence-electron chi connectivity index (χ2n) is 6.02. The molecule has 0 saturated heterocycles. The van der Waals surface area contributed by atoms with Crippen molar-refractivity contribution in [2.45, 2.75) is 6.61 Å². The van der Waals surface area contributed by atoms with Crippen LogP contribution in [-0.2, 0) is 11.3 Å². The number of benzene rings is 2. The number of rotatable bonds is 6. The number of nitrogens with one attached hydrogen (secondary N) is 1. The summed E-state index contributed by atoms with van der Waals surface area (Å²) in [6.07, 6.45) is 1.48. The molecule has 0 fully saturated rings. The van der Waals surface area contributed by atoms with Gasteiger partial charge in [-0.2, -0.15) is 4.98 Å². The van der Waals surface area contributed by atoms with Gasteiger partial charge in [0.1, 0.15) is 0 Å². The first-order valence-electron chi connectivity index (χ1n) is 8.64. The minimum absolute atomic E-state index is 0.0251. The molecule has 0 aliphatic rings. The van der Waals surface area contributed by atoms with Crippen molar-refractivity contribution in [1.82, 2.24) is 15.1 Å². The van der Waals surface area contributed by atoms with Gasteiger partial charge < -0.3 is 14.6 Å². The topological polar surface area (TPSA) is 73.1 Å². The Morgan fingerprint density at radius 3 is 2.61 bits per heavy atom. The van der Waals surface area contributed by atoms with Gasteiger partial charge in [0.25, 0.3) is 5.89 Å². The highest BCUT2D eigenvalue weighted by Crippen LogP contribution is 2.31. The van der Waals surface area contributed by atoms with E-state index >= 15 is 0 Å². The molecule has 0 aliphatic heterocycles. The zero-order valence-electron chi connectivity index (χ0n) is 15.1. The molecule has 6 nitrogen and oxygen atoms in total. The monoisotopic (exact) mass is 376 g/mol. The van der Waals surface area contributed by atoms with Crippen molar-refractivity contribution in [3.05, 3.63) is 78.2 Å². The molecule has 0 unspecified atom stereocenters. The number of ether oxygens (including phenoxy) is 1. The van der Waals surface area contributed by atoms with Crippen LogP contribution >= 0.6 is 0 Å². The number of aromatic nitrogens is 3. The molecule has 4 rings (SSSR count). The smallest absolute Gasteiger partial charge is 0.279 e. The number of hydrogen-bond acceptors (Lipinski definition) is 6. The van der Waals surface area contributed by atoms with Crippen molar-refractivity contribution in [3.63, 3.8) is 0 Å². The van der Waals surface area contributed by atoms with E-state index in [9.17, 15) is 4.39 Å². The van der Waals surface area contributed by atoms with E-state index in [1.165, 1.54) is 18.3 Å². The average molecular weight is 376 g/mol. The van der Waals surface area contributed by atoms with Crippen LogP contribution in [0.3, 0.4) is 0 Å². The maximum absolute atomic E-state index is 14.0. The van der Waals surface area contributed by atoms with Crippen LogP contribution in [0.1, 0.15) is 5.56 Å². The Hall–Kier alpha value is -3.58. The van der Waals surface area contributed by atoms with E-state index in [-0.39, 0.29) is 11.6 Å². The number of methoxy groups -OCH3 is 1. The number of para-hydroxylation sites is 2. The molecule has 2 aromatic heterocycles. The van der Waals surface area contributed by atoms with E-state index in [0.29, 0.717) is 12.4 Å². The lowest BCUT2D eigenvalue weighted by molar-refractivity contribution is 0.185. The van der Waals surface area contributed by atoms with Gasteiger partial charge in [-0.1, -0.05) is 35.5 Å². The Balaban J connectivity index is 1.69. The molecule has 0 bridgehead atoms. The van der Waals surface area contributed by atoms with Crippen molar-refractivity contribution in [1.29, 1.82) is 0 Å². The zero-order valence-corrected chi connectivity index (χ0v) is 15.1. The van der Waals surface area contributed by atoms with Gasteiger partial charge in [0.05, 0.1) is 6.61 Å². The summed E-state index contributed by atoms with van der Waals surface area (Å²) in [4.78, 5) is 8.30. The molecule has 2 aromatic carbocycles. The standard InChI is InChI=1S/C21H17FN4O2/c1-27-13-14-7-2-4-10-17(14)24-18-11-5-3-8-15(18)20-25-21(28-26-20)19-16(22)9-6-12-23-19/h2-12,24H,13H2,1H3. The van der Waals surface area contributed by atoms with Gasteiger partial charge >= 0.3 is 0 Å². The lowest BCUT2D eigenvalue weighted by Crippen LogP contribution is -1.99. The first kappa shape index (κ1) is 17.8.